The Morgan fingerprint density at radius 2 is 1.82 bits per heavy atom. The van der Waals surface area contributed by atoms with E-state index in [0.717, 1.165) is 17.8 Å². The smallest absolute Gasteiger partial charge is 0.00147 e. The standard InChI is InChI=1S/C10H19N/c1-8-6-11-7-10(8)9-4-2-3-5-9/h8-11H,2-7H2,1H3. The lowest BCUT2D eigenvalue weighted by Crippen LogP contribution is -2.18. The Hall–Kier alpha value is -0.0400. The predicted octanol–water partition coefficient (Wildman–Crippen LogP) is 2.03. The zero-order valence-electron chi connectivity index (χ0n) is 7.47. The van der Waals surface area contributed by atoms with Gasteiger partial charge in [0.25, 0.3) is 0 Å². The fourth-order valence-corrected chi connectivity index (χ4v) is 2.85. The maximum absolute atomic E-state index is 3.50. The lowest BCUT2D eigenvalue weighted by molar-refractivity contribution is 0.301. The second-order valence-corrected chi connectivity index (χ2v) is 4.34. The van der Waals surface area contributed by atoms with Crippen LogP contribution >= 0.6 is 0 Å². The highest BCUT2D eigenvalue weighted by molar-refractivity contribution is 4.85. The van der Waals surface area contributed by atoms with Crippen LogP contribution in [0.1, 0.15) is 32.6 Å². The molecule has 0 aromatic rings. The molecule has 1 aliphatic carbocycles. The molecule has 2 aliphatic rings. The van der Waals surface area contributed by atoms with Crippen molar-refractivity contribution in [2.75, 3.05) is 13.1 Å². The van der Waals surface area contributed by atoms with Gasteiger partial charge in [0.2, 0.25) is 0 Å². The van der Waals surface area contributed by atoms with E-state index in [0.29, 0.717) is 0 Å². The Morgan fingerprint density at radius 3 is 2.36 bits per heavy atom. The fourth-order valence-electron chi connectivity index (χ4n) is 2.85. The van der Waals surface area contributed by atoms with Gasteiger partial charge >= 0.3 is 0 Å². The van der Waals surface area contributed by atoms with Crippen molar-refractivity contribution in [3.8, 4) is 0 Å². The summed E-state index contributed by atoms with van der Waals surface area (Å²) in [7, 11) is 0. The molecular weight excluding hydrogens is 134 g/mol. The first-order valence-corrected chi connectivity index (χ1v) is 5.08. The molecule has 1 heteroatoms. The molecule has 1 nitrogen and oxygen atoms in total. The number of rotatable bonds is 1. The van der Waals surface area contributed by atoms with Gasteiger partial charge in [0.15, 0.2) is 0 Å². The summed E-state index contributed by atoms with van der Waals surface area (Å²) in [5, 5.41) is 3.50. The van der Waals surface area contributed by atoms with Gasteiger partial charge in [-0.2, -0.15) is 0 Å². The molecule has 1 aliphatic heterocycles. The topological polar surface area (TPSA) is 12.0 Å². The SMILES string of the molecule is CC1CNCC1C1CCCC1. The molecular formula is C10H19N. The van der Waals surface area contributed by atoms with E-state index in [1.807, 2.05) is 0 Å². The summed E-state index contributed by atoms with van der Waals surface area (Å²) >= 11 is 0. The van der Waals surface area contributed by atoms with Gasteiger partial charge in [-0.3, -0.25) is 0 Å². The molecule has 0 spiro atoms. The molecule has 0 aromatic heterocycles. The molecule has 2 rings (SSSR count). The van der Waals surface area contributed by atoms with E-state index in [1.165, 1.54) is 38.8 Å². The highest BCUT2D eigenvalue weighted by atomic mass is 14.9. The molecule has 1 N–H and O–H groups in total. The van der Waals surface area contributed by atoms with Crippen LogP contribution in [0.4, 0.5) is 0 Å². The lowest BCUT2D eigenvalue weighted by Gasteiger charge is -2.20. The first kappa shape index (κ1) is 7.60. The molecule has 2 fully saturated rings. The van der Waals surface area contributed by atoms with E-state index in [2.05, 4.69) is 12.2 Å². The predicted molar refractivity (Wildman–Crippen MR) is 47.5 cm³/mol. The van der Waals surface area contributed by atoms with E-state index in [1.54, 1.807) is 0 Å². The minimum absolute atomic E-state index is 0.943. The van der Waals surface area contributed by atoms with Gasteiger partial charge in [0, 0.05) is 0 Å². The van der Waals surface area contributed by atoms with Crippen molar-refractivity contribution in [3.05, 3.63) is 0 Å². The third kappa shape index (κ3) is 1.44. The van der Waals surface area contributed by atoms with Gasteiger partial charge in [-0.05, 0) is 30.8 Å². The highest BCUT2D eigenvalue weighted by Crippen LogP contribution is 2.36. The van der Waals surface area contributed by atoms with Crippen LogP contribution in [0, 0.1) is 17.8 Å². The van der Waals surface area contributed by atoms with Crippen molar-refractivity contribution in [1.82, 2.24) is 5.32 Å². The number of hydrogen-bond acceptors (Lipinski definition) is 1. The summed E-state index contributed by atoms with van der Waals surface area (Å²) in [6, 6.07) is 0. The van der Waals surface area contributed by atoms with Crippen LogP contribution in [0.3, 0.4) is 0 Å². The first-order chi connectivity index (χ1) is 5.38. The van der Waals surface area contributed by atoms with Gasteiger partial charge < -0.3 is 5.32 Å². The summed E-state index contributed by atoms with van der Waals surface area (Å²) in [6.45, 7) is 4.97. The van der Waals surface area contributed by atoms with Crippen molar-refractivity contribution >= 4 is 0 Å². The van der Waals surface area contributed by atoms with Gasteiger partial charge in [0.05, 0.1) is 0 Å². The van der Waals surface area contributed by atoms with Gasteiger partial charge in [-0.15, -0.1) is 0 Å². The number of hydrogen-bond donors (Lipinski definition) is 1. The molecule has 1 saturated heterocycles. The van der Waals surface area contributed by atoms with Crippen LogP contribution in [0.25, 0.3) is 0 Å². The largest absolute Gasteiger partial charge is 0.316 e. The van der Waals surface area contributed by atoms with E-state index >= 15 is 0 Å². The molecule has 0 amide bonds. The van der Waals surface area contributed by atoms with Crippen LogP contribution < -0.4 is 5.32 Å². The van der Waals surface area contributed by atoms with E-state index in [9.17, 15) is 0 Å². The zero-order chi connectivity index (χ0) is 7.68. The quantitative estimate of drug-likeness (QED) is 0.608. The molecule has 0 aromatic carbocycles. The second kappa shape index (κ2) is 3.14. The molecule has 2 unspecified atom stereocenters. The van der Waals surface area contributed by atoms with Crippen LogP contribution in [-0.4, -0.2) is 13.1 Å². The van der Waals surface area contributed by atoms with E-state index < -0.39 is 0 Å². The third-order valence-corrected chi connectivity index (χ3v) is 3.58. The van der Waals surface area contributed by atoms with E-state index in [4.69, 9.17) is 0 Å². The minimum atomic E-state index is 0.943. The molecule has 1 heterocycles. The molecule has 11 heavy (non-hydrogen) atoms. The number of nitrogens with one attached hydrogen (secondary N) is 1. The Kier molecular flexibility index (Phi) is 2.17. The van der Waals surface area contributed by atoms with Crippen LogP contribution in [0.15, 0.2) is 0 Å². The van der Waals surface area contributed by atoms with E-state index in [-0.39, 0.29) is 0 Å². The highest BCUT2D eigenvalue weighted by Gasteiger charge is 2.31. The Bertz CT molecular complexity index is 127. The lowest BCUT2D eigenvalue weighted by atomic mass is 9.84. The van der Waals surface area contributed by atoms with Crippen molar-refractivity contribution in [1.29, 1.82) is 0 Å². The Balaban J connectivity index is 1.92. The van der Waals surface area contributed by atoms with Gasteiger partial charge in [-0.25, -0.2) is 0 Å². The maximum Gasteiger partial charge on any atom is -0.00147 e. The van der Waals surface area contributed by atoms with Crippen LogP contribution in [0.2, 0.25) is 0 Å². The second-order valence-electron chi connectivity index (χ2n) is 4.34. The third-order valence-electron chi connectivity index (χ3n) is 3.58. The van der Waals surface area contributed by atoms with Crippen LogP contribution in [0.5, 0.6) is 0 Å². The van der Waals surface area contributed by atoms with Crippen molar-refractivity contribution in [3.63, 3.8) is 0 Å². The summed E-state index contributed by atoms with van der Waals surface area (Å²) in [6.07, 6.45) is 6.01. The summed E-state index contributed by atoms with van der Waals surface area (Å²) < 4.78 is 0. The van der Waals surface area contributed by atoms with Crippen molar-refractivity contribution in [2.45, 2.75) is 32.6 Å². The summed E-state index contributed by atoms with van der Waals surface area (Å²) in [5.74, 6) is 3.02. The van der Waals surface area contributed by atoms with Crippen molar-refractivity contribution in [2.24, 2.45) is 17.8 Å². The molecule has 2 atom stereocenters. The Morgan fingerprint density at radius 1 is 1.09 bits per heavy atom. The molecule has 0 radical (unpaired) electrons. The fraction of sp³-hybridized carbons (Fsp3) is 1.00. The average molecular weight is 153 g/mol. The zero-order valence-corrected chi connectivity index (χ0v) is 7.47. The maximum atomic E-state index is 3.50. The summed E-state index contributed by atoms with van der Waals surface area (Å²) in [5.41, 5.74) is 0. The molecule has 1 saturated carbocycles. The monoisotopic (exact) mass is 153 g/mol. The Labute approximate surface area is 69.6 Å². The molecule has 64 valence electrons. The minimum Gasteiger partial charge on any atom is -0.316 e. The van der Waals surface area contributed by atoms with Crippen LogP contribution in [-0.2, 0) is 0 Å². The van der Waals surface area contributed by atoms with Gasteiger partial charge in [0.1, 0.15) is 0 Å². The average Bonchev–Trinajstić information content (AvgIpc) is 2.55. The van der Waals surface area contributed by atoms with Crippen molar-refractivity contribution < 1.29 is 0 Å². The first-order valence-electron chi connectivity index (χ1n) is 5.08. The summed E-state index contributed by atoms with van der Waals surface area (Å²) in [4.78, 5) is 0. The van der Waals surface area contributed by atoms with Gasteiger partial charge in [-0.1, -0.05) is 32.6 Å². The molecule has 0 bridgehead atoms. The normalized spacial score (nSPS) is 40.1.